The Morgan fingerprint density at radius 3 is 2.71 bits per heavy atom. The van der Waals surface area contributed by atoms with Gasteiger partial charge in [-0.2, -0.15) is 0 Å². The van der Waals surface area contributed by atoms with Gasteiger partial charge in [0, 0.05) is 23.7 Å². The molecule has 4 rings (SSSR count). The molecule has 2 aromatic carbocycles. The molecular weight excluding hydrogens is 375 g/mol. The average Bonchev–Trinajstić information content (AvgIpc) is 3.17. The van der Waals surface area contributed by atoms with E-state index >= 15 is 0 Å². The molecule has 0 radical (unpaired) electrons. The molecule has 140 valence electrons. The average molecular weight is 392 g/mol. The molecule has 0 unspecified atom stereocenters. The zero-order valence-corrected chi connectivity index (χ0v) is 15.9. The van der Waals surface area contributed by atoms with Crippen molar-refractivity contribution in [2.24, 2.45) is 0 Å². The van der Waals surface area contributed by atoms with Crippen LogP contribution in [0.2, 0.25) is 0 Å². The molecule has 2 heterocycles. The number of nitrogens with zero attached hydrogens (tertiary/aromatic N) is 4. The molecule has 0 amide bonds. The molecule has 0 aliphatic heterocycles. The zero-order valence-electron chi connectivity index (χ0n) is 15.1. The molecule has 5 nitrogen and oxygen atoms in total. The van der Waals surface area contributed by atoms with E-state index in [1.165, 1.54) is 17.8 Å². The van der Waals surface area contributed by atoms with Crippen LogP contribution in [0.5, 0.6) is 5.75 Å². The lowest BCUT2D eigenvalue weighted by atomic mass is 10.2. The van der Waals surface area contributed by atoms with Crippen molar-refractivity contribution >= 4 is 11.8 Å². The van der Waals surface area contributed by atoms with Crippen molar-refractivity contribution in [2.75, 3.05) is 7.11 Å². The third-order valence-electron chi connectivity index (χ3n) is 4.15. The lowest BCUT2D eigenvalue weighted by Crippen LogP contribution is -2.02. The van der Waals surface area contributed by atoms with Gasteiger partial charge in [0.05, 0.1) is 12.8 Å². The summed E-state index contributed by atoms with van der Waals surface area (Å²) in [5.74, 6) is 1.66. The number of rotatable bonds is 6. The van der Waals surface area contributed by atoms with Crippen LogP contribution in [-0.2, 0) is 5.75 Å². The molecule has 0 bridgehead atoms. The highest BCUT2D eigenvalue weighted by atomic mass is 32.2. The fourth-order valence-electron chi connectivity index (χ4n) is 2.81. The predicted molar refractivity (Wildman–Crippen MR) is 107 cm³/mol. The van der Waals surface area contributed by atoms with Gasteiger partial charge < -0.3 is 4.74 Å². The highest BCUT2D eigenvalue weighted by Crippen LogP contribution is 2.31. The minimum absolute atomic E-state index is 0.337. The van der Waals surface area contributed by atoms with E-state index in [-0.39, 0.29) is 5.82 Å². The Labute approximate surface area is 166 Å². The van der Waals surface area contributed by atoms with Gasteiger partial charge in [-0.1, -0.05) is 36.0 Å². The maximum atomic E-state index is 14.6. The van der Waals surface area contributed by atoms with E-state index in [4.69, 9.17) is 4.74 Å². The number of hydrogen-bond donors (Lipinski definition) is 0. The molecule has 0 aliphatic rings. The number of hydrogen-bond acceptors (Lipinski definition) is 5. The first-order chi connectivity index (χ1) is 13.8. The van der Waals surface area contributed by atoms with E-state index in [0.29, 0.717) is 22.4 Å². The van der Waals surface area contributed by atoms with Gasteiger partial charge in [-0.25, -0.2) is 4.39 Å². The lowest BCUT2D eigenvalue weighted by molar-refractivity contribution is 0.414. The monoisotopic (exact) mass is 392 g/mol. The number of para-hydroxylation sites is 1. The third kappa shape index (κ3) is 3.75. The molecule has 0 spiro atoms. The second-order valence-corrected chi connectivity index (χ2v) is 6.92. The number of methoxy groups -OCH3 is 1. The summed E-state index contributed by atoms with van der Waals surface area (Å²) >= 11 is 1.49. The van der Waals surface area contributed by atoms with Gasteiger partial charge >= 0.3 is 0 Å². The standard InChI is InChI=1S/C21H17FN4OS/c1-27-17-8-4-6-15(12-17)14-28-21-25-24-20(16-7-5-11-23-13-16)26(21)19-10-3-2-9-18(19)22/h2-13H,14H2,1H3. The van der Waals surface area contributed by atoms with Crippen LogP contribution in [0.15, 0.2) is 78.2 Å². The molecule has 0 fully saturated rings. The number of aromatic nitrogens is 4. The van der Waals surface area contributed by atoms with Crippen molar-refractivity contribution in [3.05, 3.63) is 84.4 Å². The Morgan fingerprint density at radius 1 is 1.04 bits per heavy atom. The van der Waals surface area contributed by atoms with Gasteiger partial charge in [-0.3, -0.25) is 9.55 Å². The maximum absolute atomic E-state index is 14.6. The molecule has 4 aromatic rings. The molecule has 0 saturated carbocycles. The fraction of sp³-hybridized carbons (Fsp3) is 0.0952. The lowest BCUT2D eigenvalue weighted by Gasteiger charge is -2.11. The van der Waals surface area contributed by atoms with Crippen molar-refractivity contribution < 1.29 is 9.13 Å². The van der Waals surface area contributed by atoms with Crippen LogP contribution < -0.4 is 4.74 Å². The minimum atomic E-state index is -0.337. The quantitative estimate of drug-likeness (QED) is 0.443. The normalized spacial score (nSPS) is 10.8. The Kier molecular flexibility index (Phi) is 5.34. The summed E-state index contributed by atoms with van der Waals surface area (Å²) in [6.45, 7) is 0. The summed E-state index contributed by atoms with van der Waals surface area (Å²) in [6, 6.07) is 18.1. The Balaban J connectivity index is 1.73. The van der Waals surface area contributed by atoms with Gasteiger partial charge in [-0.05, 0) is 42.0 Å². The van der Waals surface area contributed by atoms with E-state index in [0.717, 1.165) is 16.9 Å². The Hall–Kier alpha value is -3.19. The van der Waals surface area contributed by atoms with Gasteiger partial charge in [0.2, 0.25) is 0 Å². The number of pyridine rings is 1. The largest absolute Gasteiger partial charge is 0.497 e. The van der Waals surface area contributed by atoms with Crippen molar-refractivity contribution in [2.45, 2.75) is 10.9 Å². The summed E-state index contributed by atoms with van der Waals surface area (Å²) in [5, 5.41) is 9.23. The summed E-state index contributed by atoms with van der Waals surface area (Å²) in [5.41, 5.74) is 2.25. The third-order valence-corrected chi connectivity index (χ3v) is 5.15. The van der Waals surface area contributed by atoms with Crippen LogP contribution in [0.1, 0.15) is 5.56 Å². The summed E-state index contributed by atoms with van der Waals surface area (Å²) < 4.78 is 21.6. The first kappa shape index (κ1) is 18.2. The van der Waals surface area contributed by atoms with E-state index in [9.17, 15) is 4.39 Å². The summed E-state index contributed by atoms with van der Waals surface area (Å²) in [4.78, 5) is 4.14. The predicted octanol–water partition coefficient (Wildman–Crippen LogP) is 4.77. The SMILES string of the molecule is COc1cccc(CSc2nnc(-c3cccnc3)n2-c2ccccc2F)c1. The minimum Gasteiger partial charge on any atom is -0.497 e. The van der Waals surface area contributed by atoms with E-state index in [2.05, 4.69) is 15.2 Å². The van der Waals surface area contributed by atoms with Crippen LogP contribution in [0, 0.1) is 5.82 Å². The molecular formula is C21H17FN4OS. The molecule has 0 aliphatic carbocycles. The molecule has 7 heteroatoms. The number of benzene rings is 2. The smallest absolute Gasteiger partial charge is 0.196 e. The number of thioether (sulfide) groups is 1. The highest BCUT2D eigenvalue weighted by molar-refractivity contribution is 7.98. The Morgan fingerprint density at radius 2 is 1.93 bits per heavy atom. The second-order valence-electron chi connectivity index (χ2n) is 5.97. The molecule has 0 saturated heterocycles. The van der Waals surface area contributed by atoms with E-state index < -0.39 is 0 Å². The molecule has 0 N–H and O–H groups in total. The van der Waals surface area contributed by atoms with Crippen molar-refractivity contribution in [1.29, 1.82) is 0 Å². The van der Waals surface area contributed by atoms with Crippen molar-refractivity contribution in [3.63, 3.8) is 0 Å². The van der Waals surface area contributed by atoms with Crippen LogP contribution in [0.25, 0.3) is 17.1 Å². The van der Waals surface area contributed by atoms with Gasteiger partial charge in [0.25, 0.3) is 0 Å². The first-order valence-corrected chi connectivity index (χ1v) is 9.61. The van der Waals surface area contributed by atoms with Crippen molar-refractivity contribution in [1.82, 2.24) is 19.7 Å². The first-order valence-electron chi connectivity index (χ1n) is 8.62. The van der Waals surface area contributed by atoms with Crippen LogP contribution >= 0.6 is 11.8 Å². The summed E-state index contributed by atoms with van der Waals surface area (Å²) in [7, 11) is 1.64. The maximum Gasteiger partial charge on any atom is 0.196 e. The van der Waals surface area contributed by atoms with Gasteiger partial charge in [-0.15, -0.1) is 10.2 Å². The van der Waals surface area contributed by atoms with E-state index in [1.54, 1.807) is 42.3 Å². The number of halogens is 1. The molecule has 0 atom stereocenters. The zero-order chi connectivity index (χ0) is 19.3. The van der Waals surface area contributed by atoms with Gasteiger partial charge in [0.1, 0.15) is 11.6 Å². The highest BCUT2D eigenvalue weighted by Gasteiger charge is 2.18. The fourth-order valence-corrected chi connectivity index (χ4v) is 3.69. The van der Waals surface area contributed by atoms with Crippen LogP contribution in [0.3, 0.4) is 0 Å². The van der Waals surface area contributed by atoms with Crippen molar-refractivity contribution in [3.8, 4) is 22.8 Å². The van der Waals surface area contributed by atoms with Crippen LogP contribution in [-0.4, -0.2) is 26.9 Å². The molecule has 2 aromatic heterocycles. The Bertz CT molecular complexity index is 1080. The second kappa shape index (κ2) is 8.22. The van der Waals surface area contributed by atoms with E-state index in [1.807, 2.05) is 36.4 Å². The number of ether oxygens (including phenoxy) is 1. The topological polar surface area (TPSA) is 52.8 Å². The summed E-state index contributed by atoms with van der Waals surface area (Å²) in [6.07, 6.45) is 3.38. The van der Waals surface area contributed by atoms with Crippen LogP contribution in [0.4, 0.5) is 4.39 Å². The molecule has 28 heavy (non-hydrogen) atoms. The van der Waals surface area contributed by atoms with Gasteiger partial charge in [0.15, 0.2) is 11.0 Å².